The van der Waals surface area contributed by atoms with Crippen LogP contribution < -0.4 is 15.4 Å². The van der Waals surface area contributed by atoms with E-state index in [1.165, 1.54) is 23.8 Å². The Bertz CT molecular complexity index is 1300. The van der Waals surface area contributed by atoms with Crippen LogP contribution in [0, 0.1) is 11.8 Å². The molecule has 1 saturated heterocycles. The molecule has 1 aliphatic rings. The van der Waals surface area contributed by atoms with Gasteiger partial charge in [-0.3, -0.25) is 0 Å². The number of aromatic carboxylic acids is 1. The van der Waals surface area contributed by atoms with E-state index in [9.17, 15) is 18.0 Å². The fourth-order valence-corrected chi connectivity index (χ4v) is 4.17. The summed E-state index contributed by atoms with van der Waals surface area (Å²) in [6, 6.07) is 11.5. The summed E-state index contributed by atoms with van der Waals surface area (Å²) in [5, 5.41) is 16.3. The Morgan fingerprint density at radius 3 is 2.67 bits per heavy atom. The molecular formula is C26H26F3N3O4. The van der Waals surface area contributed by atoms with Crippen LogP contribution in [0.5, 0.6) is 5.75 Å². The number of benzene rings is 2. The number of anilines is 2. The van der Waals surface area contributed by atoms with Gasteiger partial charge in [0.2, 0.25) is 0 Å². The minimum absolute atomic E-state index is 0.0744. The molecule has 1 aliphatic heterocycles. The summed E-state index contributed by atoms with van der Waals surface area (Å²) in [5.41, 5.74) is 2.07. The van der Waals surface area contributed by atoms with Crippen molar-refractivity contribution >= 4 is 28.2 Å². The third-order valence-electron chi connectivity index (χ3n) is 5.90. The van der Waals surface area contributed by atoms with Crippen molar-refractivity contribution < 1.29 is 32.5 Å². The van der Waals surface area contributed by atoms with E-state index in [1.807, 2.05) is 6.07 Å². The fraction of sp³-hybridized carbons (Fsp3) is 0.346. The third kappa shape index (κ3) is 6.04. The molecule has 36 heavy (non-hydrogen) atoms. The predicted molar refractivity (Wildman–Crippen MR) is 131 cm³/mol. The summed E-state index contributed by atoms with van der Waals surface area (Å²) in [6.07, 6.45) is -2.76. The smallest absolute Gasteiger partial charge is 0.406 e. The maximum atomic E-state index is 13.4. The average Bonchev–Trinajstić information content (AvgIpc) is 3.19. The molecule has 0 saturated carbocycles. The largest absolute Gasteiger partial charge is 0.495 e. The van der Waals surface area contributed by atoms with Crippen LogP contribution in [0.1, 0.15) is 28.9 Å². The molecule has 0 atom stereocenters. The van der Waals surface area contributed by atoms with Crippen LogP contribution in [0.3, 0.4) is 0 Å². The summed E-state index contributed by atoms with van der Waals surface area (Å²) in [4.78, 5) is 11.1. The number of carboxylic acid groups (broad SMARTS) is 1. The predicted octanol–water partition coefficient (Wildman–Crippen LogP) is 4.96. The number of carboxylic acids is 1. The summed E-state index contributed by atoms with van der Waals surface area (Å²) >= 11 is 0. The highest BCUT2D eigenvalue weighted by molar-refractivity contribution is 5.94. The zero-order chi connectivity index (χ0) is 25.7. The van der Waals surface area contributed by atoms with Gasteiger partial charge in [-0.2, -0.15) is 13.2 Å². The summed E-state index contributed by atoms with van der Waals surface area (Å²) in [5.74, 6) is 4.97. The molecule has 0 aliphatic carbocycles. The lowest BCUT2D eigenvalue weighted by Crippen LogP contribution is -2.27. The molecule has 2 aromatic carbocycles. The lowest BCUT2D eigenvalue weighted by atomic mass is 10.1. The number of ether oxygens (including phenoxy) is 2. The molecule has 2 heterocycles. The topological polar surface area (TPSA) is 84.8 Å². The molecule has 1 fully saturated rings. The van der Waals surface area contributed by atoms with Gasteiger partial charge in [-0.15, -0.1) is 0 Å². The van der Waals surface area contributed by atoms with E-state index in [1.54, 1.807) is 24.3 Å². The molecule has 7 nitrogen and oxygen atoms in total. The second-order valence-corrected chi connectivity index (χ2v) is 8.38. The lowest BCUT2D eigenvalue weighted by Gasteiger charge is -2.24. The number of carbonyl (C=O) groups is 1. The van der Waals surface area contributed by atoms with Crippen LogP contribution in [0.15, 0.2) is 42.5 Å². The second-order valence-electron chi connectivity index (χ2n) is 8.38. The number of halogens is 3. The lowest BCUT2D eigenvalue weighted by molar-refractivity contribution is -0.140. The van der Waals surface area contributed by atoms with E-state index in [0.717, 1.165) is 18.5 Å². The molecule has 4 rings (SSSR count). The Balaban J connectivity index is 1.59. The Morgan fingerprint density at radius 1 is 1.19 bits per heavy atom. The van der Waals surface area contributed by atoms with E-state index in [4.69, 9.17) is 14.6 Å². The van der Waals surface area contributed by atoms with Gasteiger partial charge >= 0.3 is 12.1 Å². The first kappa shape index (κ1) is 25.3. The molecule has 1 aromatic heterocycles. The zero-order valence-corrected chi connectivity index (χ0v) is 19.6. The zero-order valence-electron chi connectivity index (χ0n) is 19.6. The van der Waals surface area contributed by atoms with Gasteiger partial charge in [0, 0.05) is 30.3 Å². The summed E-state index contributed by atoms with van der Waals surface area (Å²) < 4.78 is 52.0. The molecule has 0 amide bonds. The number of alkyl halides is 3. The molecule has 190 valence electrons. The first-order valence-electron chi connectivity index (χ1n) is 11.4. The average molecular weight is 502 g/mol. The van der Waals surface area contributed by atoms with Crippen LogP contribution in [-0.2, 0) is 11.3 Å². The monoisotopic (exact) mass is 501 g/mol. The normalized spacial score (nSPS) is 14.2. The highest BCUT2D eigenvalue weighted by atomic mass is 19.4. The SMILES string of the molecule is COc1cc(C(=O)O)ccc1NCC#Cc1cc2c(NC3CCOCC3)cccc2n1CC(F)(F)F. The van der Waals surface area contributed by atoms with Crippen LogP contribution in [0.25, 0.3) is 10.9 Å². The van der Waals surface area contributed by atoms with Crippen molar-refractivity contribution in [3.8, 4) is 17.6 Å². The van der Waals surface area contributed by atoms with Crippen molar-refractivity contribution in [3.05, 3.63) is 53.7 Å². The molecule has 0 radical (unpaired) electrons. The van der Waals surface area contributed by atoms with Gasteiger partial charge in [0.1, 0.15) is 12.3 Å². The van der Waals surface area contributed by atoms with Gasteiger partial charge < -0.3 is 29.8 Å². The van der Waals surface area contributed by atoms with Gasteiger partial charge in [0.15, 0.2) is 0 Å². The number of aromatic nitrogens is 1. The quantitative estimate of drug-likeness (QED) is 0.397. The maximum absolute atomic E-state index is 13.4. The van der Waals surface area contributed by atoms with E-state index in [0.29, 0.717) is 35.6 Å². The molecular weight excluding hydrogens is 475 g/mol. The van der Waals surface area contributed by atoms with Crippen molar-refractivity contribution in [2.24, 2.45) is 0 Å². The van der Waals surface area contributed by atoms with E-state index >= 15 is 0 Å². The van der Waals surface area contributed by atoms with Gasteiger partial charge in [0.05, 0.1) is 36.1 Å². The number of rotatable bonds is 7. The van der Waals surface area contributed by atoms with E-state index < -0.39 is 18.7 Å². The van der Waals surface area contributed by atoms with Crippen LogP contribution in [0.4, 0.5) is 24.5 Å². The molecule has 0 unspecified atom stereocenters. The number of nitrogens with one attached hydrogen (secondary N) is 2. The maximum Gasteiger partial charge on any atom is 0.406 e. The number of methoxy groups -OCH3 is 1. The standard InChI is InChI=1S/C26H26F3N3O4/c1-35-24-14-17(25(33)34)7-8-22(24)30-11-3-4-19-15-20-21(31-18-9-12-36-13-10-18)5-2-6-23(20)32(19)16-26(27,28)29/h2,5-8,14-15,18,30-31H,9-13,16H2,1H3,(H,33,34). The highest BCUT2D eigenvalue weighted by Crippen LogP contribution is 2.31. The fourth-order valence-electron chi connectivity index (χ4n) is 4.17. The molecule has 3 aromatic rings. The molecule has 3 N–H and O–H groups in total. The summed E-state index contributed by atoms with van der Waals surface area (Å²) in [7, 11) is 1.42. The van der Waals surface area contributed by atoms with Crippen molar-refractivity contribution in [1.82, 2.24) is 4.57 Å². The van der Waals surface area contributed by atoms with Crippen molar-refractivity contribution in [2.45, 2.75) is 31.6 Å². The Hall–Kier alpha value is -3.84. The minimum atomic E-state index is -4.41. The van der Waals surface area contributed by atoms with Crippen molar-refractivity contribution in [2.75, 3.05) is 37.5 Å². The van der Waals surface area contributed by atoms with Crippen LogP contribution in [-0.4, -0.2) is 54.7 Å². The minimum Gasteiger partial charge on any atom is -0.495 e. The van der Waals surface area contributed by atoms with E-state index in [-0.39, 0.29) is 23.8 Å². The molecule has 0 bridgehead atoms. The second kappa shape index (κ2) is 10.8. The van der Waals surface area contributed by atoms with E-state index in [2.05, 4.69) is 22.5 Å². The number of hydrogen-bond acceptors (Lipinski definition) is 5. The Morgan fingerprint density at radius 2 is 1.97 bits per heavy atom. The van der Waals surface area contributed by atoms with Crippen LogP contribution in [0.2, 0.25) is 0 Å². The Kier molecular flexibility index (Phi) is 7.60. The third-order valence-corrected chi connectivity index (χ3v) is 5.90. The first-order valence-corrected chi connectivity index (χ1v) is 11.4. The van der Waals surface area contributed by atoms with Crippen molar-refractivity contribution in [3.63, 3.8) is 0 Å². The van der Waals surface area contributed by atoms with Gasteiger partial charge in [0.25, 0.3) is 0 Å². The number of nitrogens with zero attached hydrogens (tertiary/aromatic N) is 1. The summed E-state index contributed by atoms with van der Waals surface area (Å²) in [6.45, 7) is 0.259. The van der Waals surface area contributed by atoms with Gasteiger partial charge in [-0.05, 0) is 55.2 Å². The highest BCUT2D eigenvalue weighted by Gasteiger charge is 2.30. The molecule has 10 heteroatoms. The van der Waals surface area contributed by atoms with Crippen molar-refractivity contribution in [1.29, 1.82) is 0 Å². The Labute approximate surface area is 206 Å². The number of fused-ring (bicyclic) bond motifs is 1. The van der Waals surface area contributed by atoms with Crippen LogP contribution >= 0.6 is 0 Å². The number of hydrogen-bond donors (Lipinski definition) is 3. The molecule has 0 spiro atoms. The van der Waals surface area contributed by atoms with Gasteiger partial charge in [-0.25, -0.2) is 4.79 Å². The first-order chi connectivity index (χ1) is 17.2. The van der Waals surface area contributed by atoms with Gasteiger partial charge in [-0.1, -0.05) is 12.0 Å².